The SMILES string of the molecule is O=C(NCc1cncc(-c2ccco2)c1)NC1CCS(=O)(=O)C1. The minimum absolute atomic E-state index is 0.00988. The Morgan fingerprint density at radius 3 is 2.96 bits per heavy atom. The smallest absolute Gasteiger partial charge is 0.315 e. The maximum atomic E-state index is 11.8. The lowest BCUT2D eigenvalue weighted by Gasteiger charge is -2.12. The molecule has 2 aromatic rings. The molecule has 3 rings (SSSR count). The fourth-order valence-electron chi connectivity index (χ4n) is 2.49. The number of hydrogen-bond donors (Lipinski definition) is 2. The van der Waals surface area contributed by atoms with Crippen molar-refractivity contribution in [3.05, 3.63) is 42.4 Å². The van der Waals surface area contributed by atoms with Crippen LogP contribution in [-0.2, 0) is 16.4 Å². The Balaban J connectivity index is 1.54. The van der Waals surface area contributed by atoms with Crippen molar-refractivity contribution in [2.75, 3.05) is 11.5 Å². The first-order valence-electron chi connectivity index (χ1n) is 7.24. The van der Waals surface area contributed by atoms with Gasteiger partial charge in [-0.15, -0.1) is 0 Å². The van der Waals surface area contributed by atoms with Gasteiger partial charge in [0.2, 0.25) is 0 Å². The Hall–Kier alpha value is -2.35. The quantitative estimate of drug-likeness (QED) is 0.878. The molecular weight excluding hydrogens is 318 g/mol. The zero-order valence-corrected chi connectivity index (χ0v) is 13.2. The molecule has 3 heterocycles. The molecule has 122 valence electrons. The van der Waals surface area contributed by atoms with E-state index in [0.29, 0.717) is 18.7 Å². The third-order valence-electron chi connectivity index (χ3n) is 3.62. The van der Waals surface area contributed by atoms with Gasteiger partial charge in [0.05, 0.1) is 17.8 Å². The summed E-state index contributed by atoms with van der Waals surface area (Å²) in [7, 11) is -3.00. The number of pyridine rings is 1. The van der Waals surface area contributed by atoms with Crippen LogP contribution in [0.25, 0.3) is 11.3 Å². The molecule has 1 saturated heterocycles. The molecule has 23 heavy (non-hydrogen) atoms. The van der Waals surface area contributed by atoms with E-state index in [0.717, 1.165) is 11.1 Å². The molecule has 1 aliphatic heterocycles. The average Bonchev–Trinajstić information content (AvgIpc) is 3.15. The van der Waals surface area contributed by atoms with Crippen molar-refractivity contribution < 1.29 is 17.6 Å². The van der Waals surface area contributed by atoms with Crippen molar-refractivity contribution in [3.63, 3.8) is 0 Å². The summed E-state index contributed by atoms with van der Waals surface area (Å²) in [4.78, 5) is 16.0. The second-order valence-electron chi connectivity index (χ2n) is 5.49. The van der Waals surface area contributed by atoms with Crippen LogP contribution in [0, 0.1) is 0 Å². The molecular formula is C15H17N3O4S. The number of urea groups is 1. The van der Waals surface area contributed by atoms with Gasteiger partial charge in [-0.25, -0.2) is 13.2 Å². The molecule has 0 bridgehead atoms. The van der Waals surface area contributed by atoms with Crippen LogP contribution in [-0.4, -0.2) is 37.0 Å². The standard InChI is InChI=1S/C15H17N3O4S/c19-15(18-13-3-5-23(20,21)10-13)17-8-11-6-12(9-16-7-11)14-2-1-4-22-14/h1-2,4,6-7,9,13H,3,5,8,10H2,(H2,17,18,19). The fraction of sp³-hybridized carbons (Fsp3) is 0.333. The number of nitrogens with one attached hydrogen (secondary N) is 2. The molecule has 0 radical (unpaired) electrons. The van der Waals surface area contributed by atoms with Gasteiger partial charge >= 0.3 is 6.03 Å². The highest BCUT2D eigenvalue weighted by molar-refractivity contribution is 7.91. The van der Waals surface area contributed by atoms with Crippen LogP contribution in [0.2, 0.25) is 0 Å². The normalized spacial score (nSPS) is 19.4. The number of sulfone groups is 1. The number of carbonyl (C=O) groups excluding carboxylic acids is 1. The van der Waals surface area contributed by atoms with E-state index in [1.807, 2.05) is 12.1 Å². The number of nitrogens with zero attached hydrogens (tertiary/aromatic N) is 1. The van der Waals surface area contributed by atoms with E-state index in [4.69, 9.17) is 4.42 Å². The van der Waals surface area contributed by atoms with Gasteiger partial charge in [-0.2, -0.15) is 0 Å². The van der Waals surface area contributed by atoms with Crippen LogP contribution in [0.5, 0.6) is 0 Å². The Morgan fingerprint density at radius 2 is 2.26 bits per heavy atom. The van der Waals surface area contributed by atoms with Crippen LogP contribution in [0.1, 0.15) is 12.0 Å². The number of amides is 2. The molecule has 1 fully saturated rings. The van der Waals surface area contributed by atoms with Gasteiger partial charge in [-0.3, -0.25) is 4.98 Å². The fourth-order valence-corrected chi connectivity index (χ4v) is 4.16. The van der Waals surface area contributed by atoms with E-state index in [1.165, 1.54) is 0 Å². The van der Waals surface area contributed by atoms with Crippen LogP contribution in [0.3, 0.4) is 0 Å². The molecule has 8 heteroatoms. The molecule has 2 amide bonds. The summed E-state index contributed by atoms with van der Waals surface area (Å²) in [5.41, 5.74) is 1.66. The lowest BCUT2D eigenvalue weighted by Crippen LogP contribution is -2.42. The van der Waals surface area contributed by atoms with Crippen LogP contribution in [0.4, 0.5) is 4.79 Å². The van der Waals surface area contributed by atoms with Crippen molar-refractivity contribution in [2.24, 2.45) is 0 Å². The zero-order valence-electron chi connectivity index (χ0n) is 12.4. The van der Waals surface area contributed by atoms with E-state index < -0.39 is 9.84 Å². The summed E-state index contributed by atoms with van der Waals surface area (Å²) in [5, 5.41) is 5.39. The molecule has 1 atom stereocenters. The first kappa shape index (κ1) is 15.5. The van der Waals surface area contributed by atoms with E-state index in [9.17, 15) is 13.2 Å². The molecule has 0 spiro atoms. The molecule has 2 N–H and O–H groups in total. The number of furan rings is 1. The Labute approximate surface area is 134 Å². The molecule has 1 unspecified atom stereocenters. The summed E-state index contributed by atoms with van der Waals surface area (Å²) in [6.45, 7) is 0.298. The highest BCUT2D eigenvalue weighted by Gasteiger charge is 2.28. The lowest BCUT2D eigenvalue weighted by molar-refractivity contribution is 0.237. The summed E-state index contributed by atoms with van der Waals surface area (Å²) >= 11 is 0. The third kappa shape index (κ3) is 4.10. The van der Waals surface area contributed by atoms with Gasteiger partial charge in [0.15, 0.2) is 9.84 Å². The van der Waals surface area contributed by atoms with E-state index in [-0.39, 0.29) is 23.6 Å². The van der Waals surface area contributed by atoms with Crippen molar-refractivity contribution in [3.8, 4) is 11.3 Å². The molecule has 7 nitrogen and oxygen atoms in total. The van der Waals surface area contributed by atoms with Crippen LogP contribution < -0.4 is 10.6 Å². The van der Waals surface area contributed by atoms with Crippen LogP contribution in [0.15, 0.2) is 41.3 Å². The van der Waals surface area contributed by atoms with Gasteiger partial charge in [-0.1, -0.05) is 0 Å². The molecule has 0 aliphatic carbocycles. The van der Waals surface area contributed by atoms with Gasteiger partial charge in [-0.05, 0) is 30.2 Å². The number of carbonyl (C=O) groups is 1. The maximum absolute atomic E-state index is 11.8. The lowest BCUT2D eigenvalue weighted by atomic mass is 10.1. The second-order valence-corrected chi connectivity index (χ2v) is 7.71. The summed E-state index contributed by atoms with van der Waals surface area (Å²) in [6.07, 6.45) is 5.40. The predicted octanol–water partition coefficient (Wildman–Crippen LogP) is 1.33. The summed E-state index contributed by atoms with van der Waals surface area (Å²) in [6, 6.07) is 4.82. The van der Waals surface area contributed by atoms with Gasteiger partial charge in [0, 0.05) is 30.5 Å². The van der Waals surface area contributed by atoms with Gasteiger partial charge in [0.25, 0.3) is 0 Å². The zero-order chi connectivity index (χ0) is 16.3. The highest BCUT2D eigenvalue weighted by Crippen LogP contribution is 2.19. The van der Waals surface area contributed by atoms with Crippen molar-refractivity contribution >= 4 is 15.9 Å². The van der Waals surface area contributed by atoms with Gasteiger partial charge in [0.1, 0.15) is 5.76 Å². The molecule has 1 aliphatic rings. The monoisotopic (exact) mass is 335 g/mol. The van der Waals surface area contributed by atoms with E-state index in [1.54, 1.807) is 24.7 Å². The average molecular weight is 335 g/mol. The van der Waals surface area contributed by atoms with E-state index >= 15 is 0 Å². The van der Waals surface area contributed by atoms with Crippen LogP contribution >= 0.6 is 0 Å². The third-order valence-corrected chi connectivity index (χ3v) is 5.39. The second kappa shape index (κ2) is 6.41. The van der Waals surface area contributed by atoms with Crippen molar-refractivity contribution in [1.29, 1.82) is 0 Å². The molecule has 0 saturated carbocycles. The van der Waals surface area contributed by atoms with E-state index in [2.05, 4.69) is 15.6 Å². The number of aromatic nitrogens is 1. The minimum Gasteiger partial charge on any atom is -0.464 e. The molecule has 0 aromatic carbocycles. The maximum Gasteiger partial charge on any atom is 0.315 e. The summed E-state index contributed by atoms with van der Waals surface area (Å²) < 4.78 is 28.0. The Bertz CT molecular complexity index is 787. The highest BCUT2D eigenvalue weighted by atomic mass is 32.2. The Morgan fingerprint density at radius 1 is 1.39 bits per heavy atom. The molecule has 2 aromatic heterocycles. The first-order chi connectivity index (χ1) is 11.0. The largest absolute Gasteiger partial charge is 0.464 e. The predicted molar refractivity (Wildman–Crippen MR) is 84.4 cm³/mol. The number of rotatable bonds is 4. The first-order valence-corrected chi connectivity index (χ1v) is 9.06. The minimum atomic E-state index is -3.00. The van der Waals surface area contributed by atoms with Crippen molar-refractivity contribution in [2.45, 2.75) is 19.0 Å². The topological polar surface area (TPSA) is 101 Å². The Kier molecular flexibility index (Phi) is 4.33. The summed E-state index contributed by atoms with van der Waals surface area (Å²) in [5.74, 6) is 0.850. The number of hydrogen-bond acceptors (Lipinski definition) is 5. The van der Waals surface area contributed by atoms with Crippen molar-refractivity contribution in [1.82, 2.24) is 15.6 Å². The van der Waals surface area contributed by atoms with Gasteiger partial charge < -0.3 is 15.1 Å².